The summed E-state index contributed by atoms with van der Waals surface area (Å²) < 4.78 is 0. The summed E-state index contributed by atoms with van der Waals surface area (Å²) in [6, 6.07) is 0. The molecule has 0 radical (unpaired) electrons. The first-order chi connectivity index (χ1) is 7.23. The largest absolute Gasteiger partial charge is 0.481 e. The Morgan fingerprint density at radius 2 is 1.94 bits per heavy atom. The van der Waals surface area contributed by atoms with E-state index in [-0.39, 0.29) is 12.8 Å². The van der Waals surface area contributed by atoms with Crippen LogP contribution in [0.25, 0.3) is 0 Å². The second kappa shape index (κ2) is 3.67. The fourth-order valence-corrected chi connectivity index (χ4v) is 2.16. The van der Waals surface area contributed by atoms with Gasteiger partial charge in [0, 0.05) is 5.57 Å². The van der Waals surface area contributed by atoms with E-state index in [9.17, 15) is 9.59 Å². The van der Waals surface area contributed by atoms with E-state index in [1.807, 2.05) is 0 Å². The summed E-state index contributed by atoms with van der Waals surface area (Å²) in [5, 5.41) is 18.3. The molecule has 0 aromatic rings. The van der Waals surface area contributed by atoms with E-state index in [1.165, 1.54) is 19.9 Å². The van der Waals surface area contributed by atoms with Gasteiger partial charge in [-0.25, -0.2) is 0 Å². The molecule has 0 spiro atoms. The average molecular weight is 222 g/mol. The van der Waals surface area contributed by atoms with Gasteiger partial charge in [0.2, 0.25) is 0 Å². The van der Waals surface area contributed by atoms with Crippen LogP contribution in [0.2, 0.25) is 0 Å². The highest BCUT2D eigenvalue weighted by molar-refractivity contribution is 5.82. The molecule has 4 nitrogen and oxygen atoms in total. The van der Waals surface area contributed by atoms with Crippen LogP contribution in [-0.2, 0) is 9.59 Å². The number of carboxylic acid groups (broad SMARTS) is 2. The molecule has 86 valence electrons. The Morgan fingerprint density at radius 1 is 1.38 bits per heavy atom. The van der Waals surface area contributed by atoms with Gasteiger partial charge in [-0.1, -0.05) is 12.0 Å². The Balaban J connectivity index is 3.24. The predicted molar refractivity (Wildman–Crippen MR) is 57.6 cm³/mol. The number of terminal acetylenes is 1. The quantitative estimate of drug-likeness (QED) is 0.695. The highest BCUT2D eigenvalue weighted by Gasteiger charge is 2.47. The van der Waals surface area contributed by atoms with Crippen molar-refractivity contribution < 1.29 is 19.8 Å². The Morgan fingerprint density at radius 3 is 2.31 bits per heavy atom. The van der Waals surface area contributed by atoms with Crippen LogP contribution < -0.4 is 0 Å². The molecule has 1 rings (SSSR count). The van der Waals surface area contributed by atoms with Crippen molar-refractivity contribution >= 4 is 11.9 Å². The summed E-state index contributed by atoms with van der Waals surface area (Å²) in [5.41, 5.74) is -1.86. The zero-order valence-electron chi connectivity index (χ0n) is 9.28. The predicted octanol–water partition coefficient (Wildman–Crippen LogP) is 1.52. The number of aliphatic carboxylic acids is 2. The number of allylic oxidation sites excluding steroid dienone is 1. The number of hydrogen-bond donors (Lipinski definition) is 2. The Hall–Kier alpha value is -1.76. The van der Waals surface area contributed by atoms with E-state index >= 15 is 0 Å². The molecule has 2 unspecified atom stereocenters. The highest BCUT2D eigenvalue weighted by Crippen LogP contribution is 2.45. The lowest BCUT2D eigenvalue weighted by atomic mass is 9.65. The molecular weight excluding hydrogens is 208 g/mol. The van der Waals surface area contributed by atoms with Gasteiger partial charge in [0.15, 0.2) is 0 Å². The normalized spacial score (nSPS) is 33.7. The lowest BCUT2D eigenvalue weighted by molar-refractivity contribution is -0.154. The maximum Gasteiger partial charge on any atom is 0.313 e. The van der Waals surface area contributed by atoms with Crippen LogP contribution >= 0.6 is 0 Å². The van der Waals surface area contributed by atoms with Gasteiger partial charge >= 0.3 is 11.9 Å². The molecule has 0 bridgehead atoms. The standard InChI is InChI=1S/C12H14O4/c1-4-8-5-11(2,9(13)14)7-12(3,6-8)10(15)16/h1,5H,6-7H2,2-3H3,(H,13,14)(H,15,16). The van der Waals surface area contributed by atoms with Gasteiger partial charge in [-0.15, -0.1) is 6.42 Å². The smallest absolute Gasteiger partial charge is 0.313 e. The molecule has 2 atom stereocenters. The van der Waals surface area contributed by atoms with Gasteiger partial charge < -0.3 is 10.2 Å². The lowest BCUT2D eigenvalue weighted by Crippen LogP contribution is -2.41. The zero-order valence-corrected chi connectivity index (χ0v) is 9.28. The molecule has 2 N–H and O–H groups in total. The van der Waals surface area contributed by atoms with Crippen LogP contribution in [-0.4, -0.2) is 22.2 Å². The van der Waals surface area contributed by atoms with Crippen molar-refractivity contribution in [1.29, 1.82) is 0 Å². The maximum absolute atomic E-state index is 11.2. The van der Waals surface area contributed by atoms with Crippen molar-refractivity contribution in [2.24, 2.45) is 10.8 Å². The van der Waals surface area contributed by atoms with Gasteiger partial charge in [-0.2, -0.15) is 0 Å². The first-order valence-electron chi connectivity index (χ1n) is 4.89. The third kappa shape index (κ3) is 1.94. The summed E-state index contributed by atoms with van der Waals surface area (Å²) in [6.07, 6.45) is 6.99. The molecule has 0 heterocycles. The fraction of sp³-hybridized carbons (Fsp3) is 0.500. The SMILES string of the molecule is C#CC1=CC(C)(C(=O)O)CC(C)(C(=O)O)C1. The second-order valence-electron chi connectivity index (χ2n) is 4.76. The third-order valence-corrected chi connectivity index (χ3v) is 3.02. The van der Waals surface area contributed by atoms with Gasteiger partial charge in [0.25, 0.3) is 0 Å². The van der Waals surface area contributed by atoms with Crippen molar-refractivity contribution in [2.75, 3.05) is 0 Å². The molecule has 0 aliphatic heterocycles. The van der Waals surface area contributed by atoms with Crippen LogP contribution in [0.15, 0.2) is 11.6 Å². The van der Waals surface area contributed by atoms with Crippen molar-refractivity contribution in [1.82, 2.24) is 0 Å². The molecule has 0 amide bonds. The van der Waals surface area contributed by atoms with Crippen molar-refractivity contribution in [2.45, 2.75) is 26.7 Å². The second-order valence-corrected chi connectivity index (χ2v) is 4.76. The molecule has 1 aliphatic rings. The summed E-state index contributed by atoms with van der Waals surface area (Å²) >= 11 is 0. The first-order valence-corrected chi connectivity index (χ1v) is 4.89. The van der Waals surface area contributed by atoms with E-state index in [0.717, 1.165) is 0 Å². The maximum atomic E-state index is 11.2. The van der Waals surface area contributed by atoms with E-state index in [1.54, 1.807) is 0 Å². The molecule has 1 aliphatic carbocycles. The molecular formula is C12H14O4. The summed E-state index contributed by atoms with van der Waals surface area (Å²) in [7, 11) is 0. The average Bonchev–Trinajstić information content (AvgIpc) is 2.16. The van der Waals surface area contributed by atoms with Crippen LogP contribution in [0.4, 0.5) is 0 Å². The van der Waals surface area contributed by atoms with E-state index in [4.69, 9.17) is 16.6 Å². The zero-order chi connectivity index (χ0) is 12.6. The Bertz CT molecular complexity index is 415. The minimum atomic E-state index is -1.20. The van der Waals surface area contributed by atoms with E-state index < -0.39 is 22.8 Å². The minimum Gasteiger partial charge on any atom is -0.481 e. The fourth-order valence-electron chi connectivity index (χ4n) is 2.16. The molecule has 0 saturated heterocycles. The number of carboxylic acids is 2. The molecule has 0 aromatic heterocycles. The first kappa shape index (κ1) is 12.3. The number of carbonyl (C=O) groups is 2. The topological polar surface area (TPSA) is 74.6 Å². The summed E-state index contributed by atoms with van der Waals surface area (Å²) in [5.74, 6) is 0.297. The Labute approximate surface area is 94.0 Å². The molecule has 4 heteroatoms. The molecule has 0 saturated carbocycles. The van der Waals surface area contributed by atoms with Gasteiger partial charge in [-0.3, -0.25) is 9.59 Å². The highest BCUT2D eigenvalue weighted by atomic mass is 16.4. The van der Waals surface area contributed by atoms with Crippen molar-refractivity contribution in [3.8, 4) is 12.3 Å². The summed E-state index contributed by atoms with van der Waals surface area (Å²) in [6.45, 7) is 3.02. The molecule has 0 aromatic carbocycles. The summed E-state index contributed by atoms with van der Waals surface area (Å²) in [4.78, 5) is 22.3. The van der Waals surface area contributed by atoms with E-state index in [2.05, 4.69) is 5.92 Å². The third-order valence-electron chi connectivity index (χ3n) is 3.02. The molecule has 16 heavy (non-hydrogen) atoms. The Kier molecular flexibility index (Phi) is 2.83. The lowest BCUT2D eigenvalue weighted by Gasteiger charge is -2.37. The van der Waals surface area contributed by atoms with Crippen molar-refractivity contribution in [3.05, 3.63) is 11.6 Å². The monoisotopic (exact) mass is 222 g/mol. The van der Waals surface area contributed by atoms with Crippen molar-refractivity contribution in [3.63, 3.8) is 0 Å². The van der Waals surface area contributed by atoms with Gasteiger partial charge in [-0.05, 0) is 26.7 Å². The minimum absolute atomic E-state index is 0.0514. The van der Waals surface area contributed by atoms with Crippen LogP contribution in [0, 0.1) is 23.2 Å². The number of hydrogen-bond acceptors (Lipinski definition) is 2. The molecule has 0 fully saturated rings. The van der Waals surface area contributed by atoms with Crippen LogP contribution in [0.5, 0.6) is 0 Å². The van der Waals surface area contributed by atoms with Gasteiger partial charge in [0.1, 0.15) is 0 Å². The van der Waals surface area contributed by atoms with Crippen LogP contribution in [0.1, 0.15) is 26.7 Å². The van der Waals surface area contributed by atoms with Crippen LogP contribution in [0.3, 0.4) is 0 Å². The number of rotatable bonds is 2. The van der Waals surface area contributed by atoms with E-state index in [0.29, 0.717) is 5.57 Å². The van der Waals surface area contributed by atoms with Gasteiger partial charge in [0.05, 0.1) is 10.8 Å².